The zero-order chi connectivity index (χ0) is 8.36. The minimum Gasteiger partial charge on any atom is -0.747 e. The average Bonchev–Trinajstić information content (AvgIpc) is 1.60. The van der Waals surface area contributed by atoms with E-state index in [1.165, 1.54) is 0 Å². The van der Waals surface area contributed by atoms with Crippen LogP contribution in [-0.4, -0.2) is 35.7 Å². The first-order valence-electron chi connectivity index (χ1n) is 2.45. The van der Waals surface area contributed by atoms with Crippen molar-refractivity contribution in [2.24, 2.45) is 0 Å². The summed E-state index contributed by atoms with van der Waals surface area (Å²) in [6.07, 6.45) is 0. The van der Waals surface area contributed by atoms with Gasteiger partial charge >= 0.3 is 29.6 Å². The number of hydrogen-bond donors (Lipinski definition) is 1. The van der Waals surface area contributed by atoms with Crippen molar-refractivity contribution in [2.45, 2.75) is 12.2 Å². The van der Waals surface area contributed by atoms with Crippen LogP contribution in [0.2, 0.25) is 0 Å². The Balaban J connectivity index is 0. The number of carbonyl (C=O) groups excluding carboxylic acids is 1. The first-order chi connectivity index (χ1) is 4.39. The third kappa shape index (κ3) is 4.89. The van der Waals surface area contributed by atoms with Gasteiger partial charge in [-0.15, -0.1) is 0 Å². The molecule has 1 N–H and O–H groups in total. The second-order valence-corrected chi connectivity index (χ2v) is 3.33. The number of ketones is 1. The molecule has 0 saturated carbocycles. The Morgan fingerprint density at radius 1 is 1.64 bits per heavy atom. The average molecular weight is 190 g/mol. The number of rotatable bonds is 3. The van der Waals surface area contributed by atoms with Crippen molar-refractivity contribution < 1.29 is 52.4 Å². The molecule has 0 aromatic heterocycles. The maximum absolute atomic E-state index is 10.3. The zero-order valence-electron chi connectivity index (χ0n) is 6.27. The van der Waals surface area contributed by atoms with E-state index in [9.17, 15) is 17.8 Å². The predicted octanol–water partition coefficient (Wildman–Crippen LogP) is -4.51. The molecule has 1 atom stereocenters. The fourth-order valence-electron chi connectivity index (χ4n) is 0.423. The standard InChI is InChI=1S/C4H8O5S.Na/c1-3(6)4(2-5)10(7,8)9;/h4-5H,2H2,1H3,(H,7,8,9);/q;+1/p-1. The number of Topliss-reactive ketones (excluding diaryl/α,β-unsaturated/α-hetero) is 1. The summed E-state index contributed by atoms with van der Waals surface area (Å²) in [6, 6.07) is 0. The molecule has 0 aliphatic carbocycles. The maximum atomic E-state index is 10.3. The van der Waals surface area contributed by atoms with Crippen molar-refractivity contribution in [1.82, 2.24) is 0 Å². The van der Waals surface area contributed by atoms with E-state index in [0.717, 1.165) is 6.92 Å². The molecule has 1 unspecified atom stereocenters. The van der Waals surface area contributed by atoms with Crippen LogP contribution in [0.4, 0.5) is 0 Å². The Kier molecular flexibility index (Phi) is 6.70. The number of aliphatic hydroxyl groups excluding tert-OH is 1. The Hall–Kier alpha value is 0.540. The Bertz CT molecular complexity index is 221. The summed E-state index contributed by atoms with van der Waals surface area (Å²) in [4.78, 5) is 10.3. The van der Waals surface area contributed by atoms with Crippen LogP contribution in [0.15, 0.2) is 0 Å². The van der Waals surface area contributed by atoms with Crippen molar-refractivity contribution in [2.75, 3.05) is 6.61 Å². The molecule has 11 heavy (non-hydrogen) atoms. The van der Waals surface area contributed by atoms with Crippen molar-refractivity contribution in [3.8, 4) is 0 Å². The summed E-state index contributed by atoms with van der Waals surface area (Å²) < 4.78 is 30.2. The molecule has 5 nitrogen and oxygen atoms in total. The second kappa shape index (κ2) is 5.23. The number of carbonyl (C=O) groups is 1. The van der Waals surface area contributed by atoms with Gasteiger partial charge in [-0.1, -0.05) is 0 Å². The summed E-state index contributed by atoms with van der Waals surface area (Å²) >= 11 is 0. The van der Waals surface area contributed by atoms with Gasteiger partial charge in [-0.2, -0.15) is 0 Å². The van der Waals surface area contributed by atoms with Crippen molar-refractivity contribution in [1.29, 1.82) is 0 Å². The molecule has 0 amide bonds. The largest absolute Gasteiger partial charge is 1.00 e. The van der Waals surface area contributed by atoms with Crippen LogP contribution in [0.1, 0.15) is 6.92 Å². The molecule has 0 aliphatic rings. The fraction of sp³-hybridized carbons (Fsp3) is 0.750. The van der Waals surface area contributed by atoms with Crippen LogP contribution in [0.5, 0.6) is 0 Å². The van der Waals surface area contributed by atoms with E-state index in [1.807, 2.05) is 0 Å². The van der Waals surface area contributed by atoms with Crippen LogP contribution >= 0.6 is 0 Å². The molecule has 0 aromatic rings. The van der Waals surface area contributed by atoms with Gasteiger partial charge in [-0.3, -0.25) is 4.79 Å². The molecule has 0 rings (SSSR count). The van der Waals surface area contributed by atoms with E-state index >= 15 is 0 Å². The fourth-order valence-corrected chi connectivity index (χ4v) is 1.01. The van der Waals surface area contributed by atoms with E-state index in [4.69, 9.17) is 5.11 Å². The van der Waals surface area contributed by atoms with Crippen molar-refractivity contribution >= 4 is 15.9 Å². The Morgan fingerprint density at radius 3 is 2.00 bits per heavy atom. The molecule has 0 bridgehead atoms. The summed E-state index contributed by atoms with van der Waals surface area (Å²) in [5.74, 6) is -0.836. The summed E-state index contributed by atoms with van der Waals surface area (Å²) in [6.45, 7) is -0.00248. The summed E-state index contributed by atoms with van der Waals surface area (Å²) in [7, 11) is -4.66. The van der Waals surface area contributed by atoms with Crippen molar-refractivity contribution in [3.63, 3.8) is 0 Å². The van der Waals surface area contributed by atoms with Crippen LogP contribution < -0.4 is 29.6 Å². The summed E-state index contributed by atoms with van der Waals surface area (Å²) in [5, 5.41) is 6.43. The van der Waals surface area contributed by atoms with Crippen LogP contribution in [-0.2, 0) is 14.9 Å². The number of aliphatic hydroxyl groups is 1. The molecule has 0 spiro atoms. The topological polar surface area (TPSA) is 94.5 Å². The minimum absolute atomic E-state index is 0. The van der Waals surface area contributed by atoms with E-state index in [0.29, 0.717) is 0 Å². The second-order valence-electron chi connectivity index (χ2n) is 1.77. The van der Waals surface area contributed by atoms with Gasteiger partial charge in [-0.25, -0.2) is 8.42 Å². The van der Waals surface area contributed by atoms with E-state index in [1.54, 1.807) is 0 Å². The maximum Gasteiger partial charge on any atom is 1.00 e. The van der Waals surface area contributed by atoms with Crippen LogP contribution in [0.25, 0.3) is 0 Å². The zero-order valence-corrected chi connectivity index (χ0v) is 9.09. The van der Waals surface area contributed by atoms with Gasteiger partial charge in [0.15, 0.2) is 0 Å². The van der Waals surface area contributed by atoms with E-state index in [2.05, 4.69) is 0 Å². The molecular weight excluding hydrogens is 183 g/mol. The third-order valence-corrected chi connectivity index (χ3v) is 2.15. The molecule has 60 valence electrons. The van der Waals surface area contributed by atoms with Gasteiger partial charge in [0.1, 0.15) is 21.2 Å². The monoisotopic (exact) mass is 190 g/mol. The first kappa shape index (κ1) is 14.1. The van der Waals surface area contributed by atoms with Gasteiger partial charge in [0.2, 0.25) is 0 Å². The molecule has 7 heteroatoms. The quantitative estimate of drug-likeness (QED) is 0.357. The molecule has 0 fully saturated rings. The van der Waals surface area contributed by atoms with Gasteiger partial charge in [-0.05, 0) is 6.92 Å². The van der Waals surface area contributed by atoms with Crippen molar-refractivity contribution in [3.05, 3.63) is 0 Å². The molecule has 0 radical (unpaired) electrons. The Morgan fingerprint density at radius 2 is 2.00 bits per heavy atom. The molecule has 0 aromatic carbocycles. The van der Waals surface area contributed by atoms with Gasteiger partial charge < -0.3 is 9.66 Å². The summed E-state index contributed by atoms with van der Waals surface area (Å²) in [5.41, 5.74) is 0. The SMILES string of the molecule is CC(=O)C(CO)S(=O)(=O)[O-].[Na+]. The molecule has 0 heterocycles. The third-order valence-electron chi connectivity index (χ3n) is 0.968. The molecule has 0 aliphatic heterocycles. The van der Waals surface area contributed by atoms with Crippen LogP contribution in [0.3, 0.4) is 0 Å². The van der Waals surface area contributed by atoms with Gasteiger partial charge in [0.05, 0.1) is 6.61 Å². The van der Waals surface area contributed by atoms with Gasteiger partial charge in [0, 0.05) is 0 Å². The Labute approximate surface area is 86.8 Å². The smallest absolute Gasteiger partial charge is 0.747 e. The number of hydrogen-bond acceptors (Lipinski definition) is 5. The predicted molar refractivity (Wildman–Crippen MR) is 31.3 cm³/mol. The minimum atomic E-state index is -4.66. The van der Waals surface area contributed by atoms with E-state index in [-0.39, 0.29) is 29.6 Å². The van der Waals surface area contributed by atoms with E-state index < -0.39 is 27.8 Å². The molecular formula is C4H7NaO5S. The first-order valence-corrected chi connectivity index (χ1v) is 3.92. The van der Waals surface area contributed by atoms with Crippen LogP contribution in [0, 0.1) is 0 Å². The molecule has 0 saturated heterocycles. The normalized spacial score (nSPS) is 13.4. The van der Waals surface area contributed by atoms with Gasteiger partial charge in [0.25, 0.3) is 0 Å².